The van der Waals surface area contributed by atoms with Crippen LogP contribution in [-0.2, 0) is 28.5 Å². The second kappa shape index (κ2) is 11.3. The third-order valence-corrected chi connectivity index (χ3v) is 4.43. The molecular weight excluding hydrogens is 400 g/mol. The van der Waals surface area contributed by atoms with Crippen LogP contribution in [-0.4, -0.2) is 80.2 Å². The van der Waals surface area contributed by atoms with Gasteiger partial charge in [-0.3, -0.25) is 9.59 Å². The summed E-state index contributed by atoms with van der Waals surface area (Å²) in [4.78, 5) is 40.1. The molecule has 1 aromatic heterocycles. The highest BCUT2D eigenvalue weighted by molar-refractivity contribution is 5.98. The SMILES string of the molecule is COC(=O)CCO[C@@H]1CCOC[C@H](NC(=O)c2nccc(OC)c2O)C(=O)O[C@H]1C. The number of hydrogen-bond acceptors (Lipinski definition) is 10. The van der Waals surface area contributed by atoms with Gasteiger partial charge in [0, 0.05) is 25.3 Å². The number of esters is 2. The lowest BCUT2D eigenvalue weighted by molar-refractivity contribution is -0.159. The third-order valence-electron chi connectivity index (χ3n) is 4.43. The van der Waals surface area contributed by atoms with E-state index in [1.54, 1.807) is 6.92 Å². The standard InChI is InChI=1S/C19H26N2O9/c1-11-13(29-9-6-15(22)27-3)5-8-28-10-12(19(25)30-11)21-18(24)16-17(23)14(26-2)4-7-20-16/h4,7,11-13,23H,5-6,8-10H2,1-3H3,(H,21,24)/t11-,12-,13+/m0/s1. The molecule has 0 aromatic carbocycles. The molecule has 0 aliphatic carbocycles. The quantitative estimate of drug-likeness (QED) is 0.580. The van der Waals surface area contributed by atoms with Gasteiger partial charge in [-0.1, -0.05) is 0 Å². The van der Waals surface area contributed by atoms with Crippen LogP contribution < -0.4 is 10.1 Å². The van der Waals surface area contributed by atoms with Crippen molar-refractivity contribution in [2.45, 2.75) is 38.0 Å². The van der Waals surface area contributed by atoms with Crippen molar-refractivity contribution in [3.8, 4) is 11.5 Å². The summed E-state index contributed by atoms with van der Waals surface area (Å²) in [7, 11) is 2.63. The van der Waals surface area contributed by atoms with Crippen molar-refractivity contribution in [3.05, 3.63) is 18.0 Å². The molecule has 1 aliphatic rings. The van der Waals surface area contributed by atoms with Crippen LogP contribution in [0, 0.1) is 0 Å². The van der Waals surface area contributed by atoms with Gasteiger partial charge < -0.3 is 34.1 Å². The van der Waals surface area contributed by atoms with Gasteiger partial charge in [0.25, 0.3) is 5.91 Å². The topological polar surface area (TPSA) is 143 Å². The molecule has 2 rings (SSSR count). The molecule has 0 bridgehead atoms. The highest BCUT2D eigenvalue weighted by Crippen LogP contribution is 2.27. The number of aromatic nitrogens is 1. The Morgan fingerprint density at radius 2 is 2.13 bits per heavy atom. The Morgan fingerprint density at radius 3 is 2.83 bits per heavy atom. The fourth-order valence-corrected chi connectivity index (χ4v) is 2.75. The Morgan fingerprint density at radius 1 is 1.37 bits per heavy atom. The highest BCUT2D eigenvalue weighted by atomic mass is 16.6. The average Bonchev–Trinajstić information content (AvgIpc) is 2.79. The van der Waals surface area contributed by atoms with Crippen LogP contribution in [0.25, 0.3) is 0 Å². The van der Waals surface area contributed by atoms with Crippen molar-refractivity contribution in [1.82, 2.24) is 10.3 Å². The van der Waals surface area contributed by atoms with Gasteiger partial charge in [-0.05, 0) is 6.92 Å². The molecular formula is C19H26N2O9. The number of cyclic esters (lactones) is 1. The largest absolute Gasteiger partial charge is 0.503 e. The molecule has 11 nitrogen and oxygen atoms in total. The fraction of sp³-hybridized carbons (Fsp3) is 0.579. The van der Waals surface area contributed by atoms with E-state index in [1.807, 2.05) is 0 Å². The number of aromatic hydroxyl groups is 1. The Bertz CT molecular complexity index is 756. The second-order valence-electron chi connectivity index (χ2n) is 6.48. The molecule has 1 amide bonds. The number of carbonyl (C=O) groups is 3. The van der Waals surface area contributed by atoms with Crippen molar-refractivity contribution in [2.75, 3.05) is 34.0 Å². The Labute approximate surface area is 173 Å². The van der Waals surface area contributed by atoms with E-state index in [0.717, 1.165) is 0 Å². The Hall–Kier alpha value is -2.92. The first-order valence-electron chi connectivity index (χ1n) is 9.36. The number of carbonyl (C=O) groups excluding carboxylic acids is 3. The van der Waals surface area contributed by atoms with Crippen molar-refractivity contribution in [1.29, 1.82) is 0 Å². The Balaban J connectivity index is 2.00. The molecule has 166 valence electrons. The molecule has 2 heterocycles. The van der Waals surface area contributed by atoms with E-state index in [0.29, 0.717) is 6.42 Å². The monoisotopic (exact) mass is 426 g/mol. The zero-order chi connectivity index (χ0) is 22.1. The number of hydrogen-bond donors (Lipinski definition) is 2. The molecule has 3 atom stereocenters. The van der Waals surface area contributed by atoms with E-state index in [-0.39, 0.29) is 37.7 Å². The Kier molecular flexibility index (Phi) is 8.81. The molecule has 0 saturated carbocycles. The number of nitrogens with one attached hydrogen (secondary N) is 1. The van der Waals surface area contributed by atoms with E-state index in [9.17, 15) is 19.5 Å². The van der Waals surface area contributed by atoms with Gasteiger partial charge in [-0.15, -0.1) is 0 Å². The van der Waals surface area contributed by atoms with E-state index < -0.39 is 41.8 Å². The van der Waals surface area contributed by atoms with Crippen LogP contribution in [0.1, 0.15) is 30.3 Å². The van der Waals surface area contributed by atoms with Crippen molar-refractivity contribution in [3.63, 3.8) is 0 Å². The van der Waals surface area contributed by atoms with Crippen LogP contribution in [0.5, 0.6) is 11.5 Å². The number of rotatable bonds is 7. The summed E-state index contributed by atoms with van der Waals surface area (Å²) in [5.74, 6) is -2.28. The summed E-state index contributed by atoms with van der Waals surface area (Å²) in [5, 5.41) is 12.5. The molecule has 0 unspecified atom stereocenters. The van der Waals surface area contributed by atoms with Crippen LogP contribution in [0.3, 0.4) is 0 Å². The summed E-state index contributed by atoms with van der Waals surface area (Å²) in [6.45, 7) is 1.89. The number of methoxy groups -OCH3 is 2. The zero-order valence-electron chi connectivity index (χ0n) is 17.1. The van der Waals surface area contributed by atoms with Crippen LogP contribution >= 0.6 is 0 Å². The van der Waals surface area contributed by atoms with Crippen LogP contribution in [0.15, 0.2) is 12.3 Å². The maximum absolute atomic E-state index is 12.5. The van der Waals surface area contributed by atoms with Gasteiger partial charge in [0.1, 0.15) is 6.10 Å². The maximum atomic E-state index is 12.5. The molecule has 0 radical (unpaired) electrons. The summed E-state index contributed by atoms with van der Waals surface area (Å²) in [6, 6.07) is 0.284. The predicted molar refractivity (Wildman–Crippen MR) is 101 cm³/mol. The minimum Gasteiger partial charge on any atom is -0.503 e. The van der Waals surface area contributed by atoms with Crippen molar-refractivity contribution >= 4 is 17.8 Å². The third kappa shape index (κ3) is 6.29. The summed E-state index contributed by atoms with van der Waals surface area (Å²) in [6.07, 6.45) is 0.666. The highest BCUT2D eigenvalue weighted by Gasteiger charge is 2.31. The van der Waals surface area contributed by atoms with E-state index in [1.165, 1.54) is 26.5 Å². The van der Waals surface area contributed by atoms with Gasteiger partial charge in [0.05, 0.1) is 40.0 Å². The lowest BCUT2D eigenvalue weighted by atomic mass is 10.1. The number of nitrogens with zero attached hydrogens (tertiary/aromatic N) is 1. The van der Waals surface area contributed by atoms with Crippen molar-refractivity contribution < 1.29 is 43.2 Å². The minimum absolute atomic E-state index is 0.0732. The first kappa shape index (κ1) is 23.4. The number of amides is 1. The maximum Gasteiger partial charge on any atom is 0.331 e. The van der Waals surface area contributed by atoms with Crippen molar-refractivity contribution in [2.24, 2.45) is 0 Å². The fourth-order valence-electron chi connectivity index (χ4n) is 2.75. The molecule has 1 aliphatic heterocycles. The van der Waals surface area contributed by atoms with Crippen LogP contribution in [0.2, 0.25) is 0 Å². The second-order valence-corrected chi connectivity index (χ2v) is 6.48. The zero-order valence-corrected chi connectivity index (χ0v) is 17.1. The summed E-state index contributed by atoms with van der Waals surface area (Å²) < 4.78 is 26.0. The first-order valence-corrected chi connectivity index (χ1v) is 9.36. The number of ether oxygens (including phenoxy) is 5. The first-order chi connectivity index (χ1) is 14.4. The average molecular weight is 426 g/mol. The van der Waals surface area contributed by atoms with Gasteiger partial charge in [0.15, 0.2) is 23.2 Å². The lowest BCUT2D eigenvalue weighted by Gasteiger charge is -2.24. The van der Waals surface area contributed by atoms with Crippen LogP contribution in [0.4, 0.5) is 0 Å². The molecule has 30 heavy (non-hydrogen) atoms. The normalized spacial score (nSPS) is 22.1. The van der Waals surface area contributed by atoms with E-state index in [2.05, 4.69) is 15.0 Å². The number of pyridine rings is 1. The van der Waals surface area contributed by atoms with Gasteiger partial charge in [0.2, 0.25) is 0 Å². The van der Waals surface area contributed by atoms with E-state index >= 15 is 0 Å². The summed E-state index contributed by atoms with van der Waals surface area (Å²) >= 11 is 0. The molecule has 2 N–H and O–H groups in total. The van der Waals surface area contributed by atoms with E-state index in [4.69, 9.17) is 18.9 Å². The lowest BCUT2D eigenvalue weighted by Crippen LogP contribution is -2.46. The van der Waals surface area contributed by atoms with Gasteiger partial charge in [-0.2, -0.15) is 0 Å². The van der Waals surface area contributed by atoms with Gasteiger partial charge >= 0.3 is 11.9 Å². The molecule has 0 spiro atoms. The minimum atomic E-state index is -1.11. The van der Waals surface area contributed by atoms with Gasteiger partial charge in [-0.25, -0.2) is 9.78 Å². The smallest absolute Gasteiger partial charge is 0.331 e. The molecule has 1 fully saturated rings. The molecule has 11 heteroatoms. The predicted octanol–water partition coefficient (Wildman–Crippen LogP) is 0.195. The summed E-state index contributed by atoms with van der Waals surface area (Å²) in [5.41, 5.74) is -0.293. The molecule has 1 aromatic rings. The molecule has 1 saturated heterocycles.